The molecule has 0 bridgehead atoms. The fraction of sp³-hybridized carbons (Fsp3) is 0.222. The van der Waals surface area contributed by atoms with Crippen LogP contribution in [0.5, 0.6) is 0 Å². The van der Waals surface area contributed by atoms with Crippen LogP contribution in [-0.2, 0) is 16.1 Å². The molecule has 3 aromatic rings. The number of methoxy groups -OCH3 is 1. The monoisotopic (exact) mass is 459 g/mol. The highest BCUT2D eigenvalue weighted by atomic mass is 32.2. The van der Waals surface area contributed by atoms with E-state index in [0.717, 1.165) is 11.8 Å². The van der Waals surface area contributed by atoms with Crippen molar-refractivity contribution in [1.29, 1.82) is 0 Å². The van der Waals surface area contributed by atoms with Crippen molar-refractivity contribution in [3.05, 3.63) is 53.6 Å². The summed E-state index contributed by atoms with van der Waals surface area (Å²) in [5.41, 5.74) is -0.711. The molecule has 0 saturated heterocycles. The minimum absolute atomic E-state index is 0.288. The Morgan fingerprint density at radius 2 is 1.65 bits per heavy atom. The summed E-state index contributed by atoms with van der Waals surface area (Å²) in [6.45, 7) is 0.642. The van der Waals surface area contributed by atoms with Crippen molar-refractivity contribution in [2.24, 2.45) is 0 Å². The Hall–Kier alpha value is -3.06. The third-order valence-electron chi connectivity index (χ3n) is 3.98. The molecule has 2 aromatic heterocycles. The summed E-state index contributed by atoms with van der Waals surface area (Å²) in [6, 6.07) is 3.41. The van der Waals surface area contributed by atoms with Crippen molar-refractivity contribution < 1.29 is 31.5 Å². The SMILES string of the molecule is COCCn1c(SCC(=O)Nc2c(F)c(F)c(F)c(F)c2F)nnc1-c1ccncc1. The van der Waals surface area contributed by atoms with E-state index in [0.29, 0.717) is 24.5 Å². The number of carbonyl (C=O) groups is 1. The van der Waals surface area contributed by atoms with Crippen LogP contribution >= 0.6 is 11.8 Å². The fourth-order valence-electron chi connectivity index (χ4n) is 2.51. The summed E-state index contributed by atoms with van der Waals surface area (Å²) < 4.78 is 73.9. The molecular formula is C18H14F5N5O2S. The highest BCUT2D eigenvalue weighted by Crippen LogP contribution is 2.28. The molecule has 164 valence electrons. The number of benzene rings is 1. The number of nitrogens with zero attached hydrogens (tertiary/aromatic N) is 4. The summed E-state index contributed by atoms with van der Waals surface area (Å²) in [5, 5.41) is 10.1. The smallest absolute Gasteiger partial charge is 0.235 e. The second kappa shape index (κ2) is 9.83. The summed E-state index contributed by atoms with van der Waals surface area (Å²) in [7, 11) is 1.50. The van der Waals surface area contributed by atoms with Crippen LogP contribution in [0.2, 0.25) is 0 Å². The maximum absolute atomic E-state index is 13.7. The van der Waals surface area contributed by atoms with Crippen LogP contribution in [0.15, 0.2) is 29.7 Å². The van der Waals surface area contributed by atoms with E-state index < -0.39 is 46.4 Å². The zero-order valence-corrected chi connectivity index (χ0v) is 16.7. The van der Waals surface area contributed by atoms with Gasteiger partial charge in [-0.2, -0.15) is 0 Å². The van der Waals surface area contributed by atoms with Gasteiger partial charge in [0.2, 0.25) is 11.7 Å². The van der Waals surface area contributed by atoms with Crippen LogP contribution in [0.25, 0.3) is 11.4 Å². The van der Waals surface area contributed by atoms with Crippen LogP contribution < -0.4 is 5.32 Å². The summed E-state index contributed by atoms with van der Waals surface area (Å²) in [4.78, 5) is 16.0. The number of pyridine rings is 1. The predicted octanol–water partition coefficient (Wildman–Crippen LogP) is 3.41. The average molecular weight is 459 g/mol. The van der Waals surface area contributed by atoms with E-state index >= 15 is 0 Å². The molecule has 0 fully saturated rings. The van der Waals surface area contributed by atoms with Gasteiger partial charge in [-0.05, 0) is 12.1 Å². The maximum atomic E-state index is 13.7. The first-order valence-electron chi connectivity index (χ1n) is 8.61. The van der Waals surface area contributed by atoms with Gasteiger partial charge in [0.25, 0.3) is 0 Å². The molecule has 13 heteroatoms. The molecule has 2 heterocycles. The van der Waals surface area contributed by atoms with Gasteiger partial charge >= 0.3 is 0 Å². The van der Waals surface area contributed by atoms with Crippen LogP contribution in [0, 0.1) is 29.1 Å². The Labute approximate surface area is 176 Å². The number of thioether (sulfide) groups is 1. The number of aromatic nitrogens is 4. The molecule has 3 rings (SSSR count). The molecule has 1 amide bonds. The molecule has 1 aromatic carbocycles. The molecular weight excluding hydrogens is 445 g/mol. The number of halogens is 5. The van der Waals surface area contributed by atoms with Gasteiger partial charge in [0, 0.05) is 25.1 Å². The Morgan fingerprint density at radius 3 is 2.26 bits per heavy atom. The Balaban J connectivity index is 1.77. The van der Waals surface area contributed by atoms with Gasteiger partial charge in [-0.15, -0.1) is 10.2 Å². The van der Waals surface area contributed by atoms with Gasteiger partial charge in [0.05, 0.1) is 18.9 Å². The molecule has 0 radical (unpaired) electrons. The van der Waals surface area contributed by atoms with Crippen molar-refractivity contribution >= 4 is 23.4 Å². The van der Waals surface area contributed by atoms with Crippen LogP contribution in [0.1, 0.15) is 0 Å². The lowest BCUT2D eigenvalue weighted by Gasteiger charge is -2.11. The lowest BCUT2D eigenvalue weighted by atomic mass is 10.2. The lowest BCUT2D eigenvalue weighted by molar-refractivity contribution is -0.113. The molecule has 0 aliphatic carbocycles. The number of nitrogens with one attached hydrogen (secondary N) is 1. The van der Waals surface area contributed by atoms with Crippen LogP contribution in [0.4, 0.5) is 27.6 Å². The first kappa shape index (κ1) is 22.6. The number of rotatable bonds is 8. The minimum atomic E-state index is -2.31. The zero-order chi connectivity index (χ0) is 22.5. The van der Waals surface area contributed by atoms with E-state index in [1.54, 1.807) is 34.4 Å². The van der Waals surface area contributed by atoms with Crippen LogP contribution in [-0.4, -0.2) is 45.1 Å². The van der Waals surface area contributed by atoms with Crippen molar-refractivity contribution in [1.82, 2.24) is 19.7 Å². The fourth-order valence-corrected chi connectivity index (χ4v) is 3.28. The van der Waals surface area contributed by atoms with Gasteiger partial charge in [-0.1, -0.05) is 11.8 Å². The molecule has 1 N–H and O–H groups in total. The molecule has 0 aliphatic rings. The second-order valence-corrected chi connectivity index (χ2v) is 6.91. The molecule has 7 nitrogen and oxygen atoms in total. The molecule has 0 saturated carbocycles. The van der Waals surface area contributed by atoms with Crippen LogP contribution in [0.3, 0.4) is 0 Å². The molecule has 0 atom stereocenters. The number of carbonyl (C=O) groups excluding carboxylic acids is 1. The Morgan fingerprint density at radius 1 is 1.03 bits per heavy atom. The molecule has 0 aliphatic heterocycles. The van der Waals surface area contributed by atoms with E-state index in [-0.39, 0.29) is 5.16 Å². The van der Waals surface area contributed by atoms with Crippen molar-refractivity contribution in [3.63, 3.8) is 0 Å². The van der Waals surface area contributed by atoms with Gasteiger partial charge in [0.15, 0.2) is 34.2 Å². The van der Waals surface area contributed by atoms with E-state index in [4.69, 9.17) is 4.74 Å². The lowest BCUT2D eigenvalue weighted by Crippen LogP contribution is -2.19. The van der Waals surface area contributed by atoms with Crippen molar-refractivity contribution in [2.75, 3.05) is 24.8 Å². The van der Waals surface area contributed by atoms with Gasteiger partial charge in [0.1, 0.15) is 5.69 Å². The first-order chi connectivity index (χ1) is 14.8. The summed E-state index contributed by atoms with van der Waals surface area (Å²) in [5.74, 6) is -11.8. The van der Waals surface area contributed by atoms with E-state index in [1.165, 1.54) is 7.11 Å². The number of ether oxygens (including phenoxy) is 1. The third-order valence-corrected chi connectivity index (χ3v) is 4.95. The highest BCUT2D eigenvalue weighted by molar-refractivity contribution is 7.99. The van der Waals surface area contributed by atoms with E-state index in [9.17, 15) is 26.7 Å². The average Bonchev–Trinajstić information content (AvgIpc) is 3.19. The maximum Gasteiger partial charge on any atom is 0.235 e. The van der Waals surface area contributed by atoms with Gasteiger partial charge in [-0.3, -0.25) is 14.3 Å². The zero-order valence-electron chi connectivity index (χ0n) is 15.8. The first-order valence-corrected chi connectivity index (χ1v) is 9.60. The topological polar surface area (TPSA) is 81.9 Å². The number of hydrogen-bond acceptors (Lipinski definition) is 6. The van der Waals surface area contributed by atoms with Crippen molar-refractivity contribution in [2.45, 2.75) is 11.7 Å². The normalized spacial score (nSPS) is 11.0. The van der Waals surface area contributed by atoms with Crippen molar-refractivity contribution in [3.8, 4) is 11.4 Å². The highest BCUT2D eigenvalue weighted by Gasteiger charge is 2.27. The van der Waals surface area contributed by atoms with E-state index in [2.05, 4.69) is 15.2 Å². The van der Waals surface area contributed by atoms with Gasteiger partial charge in [-0.25, -0.2) is 22.0 Å². The number of amides is 1. The van der Waals surface area contributed by atoms with E-state index in [1.807, 2.05) is 0 Å². The number of hydrogen-bond donors (Lipinski definition) is 1. The summed E-state index contributed by atoms with van der Waals surface area (Å²) >= 11 is 0.863. The summed E-state index contributed by atoms with van der Waals surface area (Å²) in [6.07, 6.45) is 3.13. The Kier molecular flexibility index (Phi) is 7.17. The number of anilines is 1. The molecule has 0 spiro atoms. The quantitative estimate of drug-likeness (QED) is 0.241. The predicted molar refractivity (Wildman–Crippen MR) is 101 cm³/mol. The second-order valence-electron chi connectivity index (χ2n) is 5.97. The molecule has 0 unspecified atom stereocenters. The third kappa shape index (κ3) is 4.82. The minimum Gasteiger partial charge on any atom is -0.383 e. The molecule has 31 heavy (non-hydrogen) atoms. The standard InChI is InChI=1S/C18H14F5N5O2S/c1-30-7-6-28-17(9-2-4-24-5-3-9)26-27-18(28)31-8-10(29)25-16-14(22)12(20)11(19)13(21)15(16)23/h2-5H,6-8H2,1H3,(H,25,29). The van der Waals surface area contributed by atoms with Gasteiger partial charge < -0.3 is 10.1 Å². The Bertz CT molecular complexity index is 1070. The largest absolute Gasteiger partial charge is 0.383 e.